The molecule has 13 heteroatoms. The van der Waals surface area contributed by atoms with Crippen molar-refractivity contribution in [2.75, 3.05) is 84.5 Å². The number of hydrogen-bond acceptors (Lipinski definition) is 12. The number of fused-ring (bicyclic) bond motifs is 7. The van der Waals surface area contributed by atoms with Crippen LogP contribution in [0.1, 0.15) is 153 Å². The van der Waals surface area contributed by atoms with Gasteiger partial charge in [-0.05, 0) is 160 Å². The van der Waals surface area contributed by atoms with E-state index < -0.39 is 15.3 Å². The molecule has 1 saturated heterocycles. The molecule has 1 unspecified atom stereocenters. The molecular weight excluding hydrogens is 953 g/mol. The highest BCUT2D eigenvalue weighted by atomic mass is 32.2. The SMILES string of the molecule is C=C/C=C\C=C(/C)COC(=O)[C@@H]1C[C@H](C(=O)O[C@H]2CC[C@]3(C)[C@H]4CC[C@@H]5[C@H]6[C@H](C7(C)CC7)CC[C@]6(NC[C@H](C(C)OCCOCCOCCOC)N6CCS(=O)(=O)CC6)CC[C@@]5(C)[C@]4(C)CC[C@H]3C2(C)C)C1(C)C. The monoisotopic (exact) mass is 1050 g/mol. The van der Waals surface area contributed by atoms with Crippen molar-refractivity contribution in [3.05, 3.63) is 36.5 Å². The van der Waals surface area contributed by atoms with E-state index in [1.807, 2.05) is 39.0 Å². The van der Waals surface area contributed by atoms with Gasteiger partial charge in [0.2, 0.25) is 0 Å². The summed E-state index contributed by atoms with van der Waals surface area (Å²) in [5, 5.41) is 4.43. The minimum absolute atomic E-state index is 0.0507. The van der Waals surface area contributed by atoms with Crippen LogP contribution in [-0.4, -0.2) is 134 Å². The largest absolute Gasteiger partial charge is 0.462 e. The predicted octanol–water partition coefficient (Wildman–Crippen LogP) is 10.2. The third kappa shape index (κ3) is 11.1. The Hall–Kier alpha value is -2.13. The fourth-order valence-electron chi connectivity index (χ4n) is 17.8. The summed E-state index contributed by atoms with van der Waals surface area (Å²) in [6, 6.07) is 0.0526. The summed E-state index contributed by atoms with van der Waals surface area (Å²) in [4.78, 5) is 29.9. The number of methoxy groups -OCH3 is 1. The molecule has 0 aromatic heterocycles. The molecule has 12 nitrogen and oxygen atoms in total. The van der Waals surface area contributed by atoms with Gasteiger partial charge in [0.15, 0.2) is 9.84 Å². The topological polar surface area (TPSA) is 139 Å². The van der Waals surface area contributed by atoms with E-state index in [0.717, 1.165) is 31.4 Å². The number of hydrogen-bond donors (Lipinski definition) is 1. The molecular formula is C61H100N2O10S. The van der Waals surface area contributed by atoms with Gasteiger partial charge < -0.3 is 33.7 Å². The van der Waals surface area contributed by atoms with Crippen LogP contribution in [0.5, 0.6) is 0 Å². The Kier molecular flexibility index (Phi) is 17.7. The zero-order valence-corrected chi connectivity index (χ0v) is 48.7. The molecule has 8 aliphatic rings. The summed E-state index contributed by atoms with van der Waals surface area (Å²) >= 11 is 0. The fourth-order valence-corrected chi connectivity index (χ4v) is 19.1. The van der Waals surface area contributed by atoms with Crippen LogP contribution >= 0.6 is 0 Å². The van der Waals surface area contributed by atoms with E-state index in [-0.39, 0.29) is 87.3 Å². The molecule has 74 heavy (non-hydrogen) atoms. The summed E-state index contributed by atoms with van der Waals surface area (Å²) in [6.45, 7) is 32.6. The number of sulfone groups is 1. The maximum Gasteiger partial charge on any atom is 0.309 e. The van der Waals surface area contributed by atoms with Gasteiger partial charge in [-0.3, -0.25) is 14.5 Å². The lowest BCUT2D eigenvalue weighted by molar-refractivity contribution is -0.250. The minimum Gasteiger partial charge on any atom is -0.462 e. The first-order valence-corrected chi connectivity index (χ1v) is 31.0. The first-order chi connectivity index (χ1) is 34.9. The summed E-state index contributed by atoms with van der Waals surface area (Å²) in [6.07, 6.45) is 22.0. The first-order valence-electron chi connectivity index (χ1n) is 29.2. The summed E-state index contributed by atoms with van der Waals surface area (Å²) < 4.78 is 60.9. The van der Waals surface area contributed by atoms with Crippen molar-refractivity contribution in [2.24, 2.45) is 73.9 Å². The number of nitrogens with one attached hydrogen (secondary N) is 1. The Morgan fingerprint density at radius 3 is 2.07 bits per heavy atom. The van der Waals surface area contributed by atoms with Crippen molar-refractivity contribution in [3.63, 3.8) is 0 Å². The van der Waals surface area contributed by atoms with Crippen LogP contribution in [0.25, 0.3) is 0 Å². The Morgan fingerprint density at radius 2 is 1.41 bits per heavy atom. The van der Waals surface area contributed by atoms with E-state index in [9.17, 15) is 18.0 Å². The molecule has 1 N–H and O–H groups in total. The van der Waals surface area contributed by atoms with Gasteiger partial charge in [-0.25, -0.2) is 8.42 Å². The predicted molar refractivity (Wildman–Crippen MR) is 292 cm³/mol. The highest BCUT2D eigenvalue weighted by molar-refractivity contribution is 7.91. The van der Waals surface area contributed by atoms with E-state index in [0.29, 0.717) is 94.2 Å². The van der Waals surface area contributed by atoms with Crippen LogP contribution in [0, 0.1) is 73.9 Å². The van der Waals surface area contributed by atoms with Gasteiger partial charge in [0, 0.05) is 43.7 Å². The van der Waals surface area contributed by atoms with Crippen LogP contribution in [0.3, 0.4) is 0 Å². The van der Waals surface area contributed by atoms with Crippen LogP contribution in [0.4, 0.5) is 0 Å². The number of allylic oxidation sites excluding steroid dienone is 4. The normalized spacial score (nSPS) is 39.6. The summed E-state index contributed by atoms with van der Waals surface area (Å²) in [5.74, 6) is 2.35. The Bertz CT molecular complexity index is 2160. The quantitative estimate of drug-likeness (QED) is 0.0592. The molecule has 0 spiro atoms. The zero-order valence-electron chi connectivity index (χ0n) is 47.9. The van der Waals surface area contributed by atoms with Gasteiger partial charge in [0.25, 0.3) is 0 Å². The Morgan fingerprint density at radius 1 is 0.730 bits per heavy atom. The number of esters is 2. The molecule has 420 valence electrons. The van der Waals surface area contributed by atoms with Gasteiger partial charge in [-0.1, -0.05) is 86.3 Å². The molecule has 7 aliphatic carbocycles. The number of nitrogens with zero attached hydrogens (tertiary/aromatic N) is 1. The van der Waals surface area contributed by atoms with E-state index in [2.05, 4.69) is 65.3 Å². The van der Waals surface area contributed by atoms with Crippen LogP contribution in [0.2, 0.25) is 0 Å². The van der Waals surface area contributed by atoms with Crippen molar-refractivity contribution in [2.45, 2.75) is 176 Å². The number of rotatable bonds is 23. The third-order valence-corrected chi connectivity index (χ3v) is 24.5. The third-order valence-electron chi connectivity index (χ3n) is 22.9. The van der Waals surface area contributed by atoms with Gasteiger partial charge in [0.05, 0.1) is 69.1 Å². The zero-order chi connectivity index (χ0) is 53.5. The highest BCUT2D eigenvalue weighted by Gasteiger charge is 2.73. The maximum absolute atomic E-state index is 14.2. The van der Waals surface area contributed by atoms with Crippen LogP contribution in [0.15, 0.2) is 36.5 Å². The lowest BCUT2D eigenvalue weighted by Crippen LogP contribution is -2.69. The Labute approximate surface area is 447 Å². The van der Waals surface area contributed by atoms with Crippen molar-refractivity contribution in [3.8, 4) is 0 Å². The number of carbonyl (C=O) groups is 2. The Balaban J connectivity index is 0.937. The lowest BCUT2D eigenvalue weighted by Gasteiger charge is -2.73. The molecule has 7 saturated carbocycles. The molecule has 1 aliphatic heterocycles. The van der Waals surface area contributed by atoms with Gasteiger partial charge in [-0.2, -0.15) is 0 Å². The summed E-state index contributed by atoms with van der Waals surface area (Å²) in [5.41, 5.74) is 1.25. The van der Waals surface area contributed by atoms with Crippen LogP contribution < -0.4 is 5.32 Å². The summed E-state index contributed by atoms with van der Waals surface area (Å²) in [7, 11) is -1.37. The lowest BCUT2D eigenvalue weighted by atomic mass is 9.32. The molecule has 8 rings (SSSR count). The van der Waals surface area contributed by atoms with Gasteiger partial charge in [0.1, 0.15) is 12.7 Å². The first kappa shape index (κ1) is 58.0. The maximum atomic E-state index is 14.2. The van der Waals surface area contributed by atoms with Crippen molar-refractivity contribution in [1.82, 2.24) is 10.2 Å². The number of ether oxygens (including phenoxy) is 6. The molecule has 0 aromatic rings. The van der Waals surface area contributed by atoms with Gasteiger partial charge >= 0.3 is 11.9 Å². The second kappa shape index (κ2) is 22.5. The van der Waals surface area contributed by atoms with Crippen molar-refractivity contribution in [1.29, 1.82) is 0 Å². The number of carbonyl (C=O) groups excluding carboxylic acids is 2. The molecule has 0 bridgehead atoms. The average molecular weight is 1050 g/mol. The van der Waals surface area contributed by atoms with E-state index in [4.69, 9.17) is 28.4 Å². The average Bonchev–Trinajstić information content (AvgIpc) is 3.97. The molecule has 0 amide bonds. The van der Waals surface area contributed by atoms with Crippen molar-refractivity contribution < 1.29 is 46.4 Å². The molecule has 8 fully saturated rings. The second-order valence-corrected chi connectivity index (χ2v) is 29.6. The van der Waals surface area contributed by atoms with E-state index in [1.165, 1.54) is 57.8 Å². The standard InChI is InChI=1S/C61H100N2O10S/c1-13-14-15-16-42(2)41-72-53(64)46-39-47(55(46,4)5)54(65)73-51-21-22-58(9)49(56(51,6)7)20-23-60(11)50(58)18-17-45-52-44(57(8)25-26-57)19-24-61(52,28-27-59(45,60)10)62-40-48(63-29-37-74(66,67)38-30-63)43(3)71-36-35-70-34-33-69-32-31-68-12/h13-16,43-52,62H,1,17-41H2,2-12H3/b15-14-,42-16+/t43?,44-,45-,46+,47-,48-,49+,50-,51+,52-,58+,59-,60-,61+/m1/s1. The smallest absolute Gasteiger partial charge is 0.309 e. The van der Waals surface area contributed by atoms with E-state index in [1.54, 1.807) is 13.2 Å². The molecule has 0 radical (unpaired) electrons. The molecule has 1 heterocycles. The molecule has 0 aromatic carbocycles. The minimum atomic E-state index is -3.04. The second-order valence-electron chi connectivity index (χ2n) is 27.3. The fraction of sp³-hybridized carbons (Fsp3) is 0.869. The highest BCUT2D eigenvalue weighted by Crippen LogP contribution is 2.78. The van der Waals surface area contributed by atoms with Gasteiger partial charge in [-0.15, -0.1) is 0 Å². The van der Waals surface area contributed by atoms with E-state index >= 15 is 0 Å². The van der Waals surface area contributed by atoms with Crippen molar-refractivity contribution >= 4 is 21.8 Å². The molecule has 14 atom stereocenters. The van der Waals surface area contributed by atoms with Crippen LogP contribution in [-0.2, 0) is 47.8 Å².